The number of esters is 1. The maximum atomic E-state index is 13.4. The Labute approximate surface area is 483 Å². The number of hydrogen-bond acceptors (Lipinski definition) is 10. The van der Waals surface area contributed by atoms with Gasteiger partial charge in [0.05, 0.1) is 25.4 Å². The van der Waals surface area contributed by atoms with Crippen LogP contribution in [0.15, 0.2) is 72.9 Å². The van der Waals surface area contributed by atoms with Crippen molar-refractivity contribution in [1.29, 1.82) is 0 Å². The highest BCUT2D eigenvalue weighted by Crippen LogP contribution is 2.26. The summed E-state index contributed by atoms with van der Waals surface area (Å²) >= 11 is 0. The molecular weight excluding hydrogens is 991 g/mol. The van der Waals surface area contributed by atoms with Gasteiger partial charge in [-0.25, -0.2) is 0 Å². The number of nitrogens with one attached hydrogen (secondary N) is 1. The molecule has 11 nitrogen and oxygen atoms in total. The van der Waals surface area contributed by atoms with E-state index in [2.05, 4.69) is 86.8 Å². The van der Waals surface area contributed by atoms with Gasteiger partial charge in [0.1, 0.15) is 24.4 Å². The summed E-state index contributed by atoms with van der Waals surface area (Å²) in [7, 11) is 0. The van der Waals surface area contributed by atoms with Gasteiger partial charge < -0.3 is 45.1 Å². The number of aliphatic hydroxyl groups excluding tert-OH is 5. The summed E-state index contributed by atoms with van der Waals surface area (Å²) in [5, 5.41) is 57.0. The van der Waals surface area contributed by atoms with E-state index in [1.54, 1.807) is 6.08 Å². The Bertz CT molecular complexity index is 1560. The summed E-state index contributed by atoms with van der Waals surface area (Å²) in [6.07, 6.45) is 60.7. The summed E-state index contributed by atoms with van der Waals surface area (Å²) < 4.78 is 17.6. The number of allylic oxidation sites excluding steroid dienone is 11. The molecule has 458 valence electrons. The molecule has 8 unspecified atom stereocenters. The van der Waals surface area contributed by atoms with Crippen LogP contribution in [-0.2, 0) is 23.8 Å². The van der Waals surface area contributed by atoms with Crippen molar-refractivity contribution in [2.24, 2.45) is 0 Å². The second-order valence-corrected chi connectivity index (χ2v) is 22.5. The van der Waals surface area contributed by atoms with Crippen molar-refractivity contribution < 1.29 is 49.3 Å². The Kier molecular flexibility index (Phi) is 52.2. The summed E-state index contributed by atoms with van der Waals surface area (Å²) in [5.74, 6) is -1.20. The van der Waals surface area contributed by atoms with E-state index < -0.39 is 67.4 Å². The number of unbranched alkanes of at least 4 members (excludes halogenated alkanes) is 31. The van der Waals surface area contributed by atoms with Gasteiger partial charge in [0.25, 0.3) is 0 Å². The third-order valence-electron chi connectivity index (χ3n) is 15.1. The average molecular weight is 1110 g/mol. The monoisotopic (exact) mass is 1110 g/mol. The standard InChI is InChI=1S/C68H121NO10/c1-4-7-10-13-16-19-22-24-26-28-30-31-32-34-36-38-41-44-47-50-53-56-63(73)79-66-65(75)64(74)62(57-70)78-68(66)77-58-59(60(71)54-51-48-45-42-39-21-18-15-12-9-6-3)69-67(76)61(72)55-52-49-46-43-40-37-35-33-29-27-25-23-20-17-14-11-8-5-2/h16-17,19-20,24-27,30-31,51,54,59-62,64-66,68,70-72,74-75H,4-15,18,21-23,28-29,32-50,52-53,55-58H2,1-3H3,(H,69,76)/b19-16-,20-17-,26-24-,27-25-,31-30-,54-51+. The van der Waals surface area contributed by atoms with Crippen molar-refractivity contribution in [3.63, 3.8) is 0 Å². The van der Waals surface area contributed by atoms with Crippen LogP contribution in [0.2, 0.25) is 0 Å². The molecule has 1 amide bonds. The molecule has 79 heavy (non-hydrogen) atoms. The zero-order valence-electron chi connectivity index (χ0n) is 50.7. The highest BCUT2D eigenvalue weighted by molar-refractivity contribution is 5.80. The van der Waals surface area contributed by atoms with Crippen LogP contribution in [0.25, 0.3) is 0 Å². The molecule has 1 rings (SSSR count). The van der Waals surface area contributed by atoms with Crippen molar-refractivity contribution in [2.45, 2.75) is 333 Å². The van der Waals surface area contributed by atoms with E-state index >= 15 is 0 Å². The van der Waals surface area contributed by atoms with E-state index in [-0.39, 0.29) is 19.4 Å². The van der Waals surface area contributed by atoms with E-state index in [9.17, 15) is 35.1 Å². The highest BCUT2D eigenvalue weighted by atomic mass is 16.7. The molecule has 0 spiro atoms. The molecule has 0 aliphatic carbocycles. The molecule has 1 fully saturated rings. The van der Waals surface area contributed by atoms with Crippen LogP contribution in [-0.4, -0.2) is 99.6 Å². The average Bonchev–Trinajstić information content (AvgIpc) is 3.47. The van der Waals surface area contributed by atoms with Gasteiger partial charge in [-0.3, -0.25) is 9.59 Å². The third-order valence-corrected chi connectivity index (χ3v) is 15.1. The second-order valence-electron chi connectivity index (χ2n) is 22.5. The molecule has 0 bridgehead atoms. The summed E-state index contributed by atoms with van der Waals surface area (Å²) in [6.45, 7) is 5.74. The van der Waals surface area contributed by atoms with Crippen molar-refractivity contribution in [3.05, 3.63) is 72.9 Å². The fraction of sp³-hybridized carbons (Fsp3) is 0.794. The normalized spacial score (nSPS) is 19.3. The number of ether oxygens (including phenoxy) is 3. The molecule has 8 atom stereocenters. The van der Waals surface area contributed by atoms with Gasteiger partial charge in [0, 0.05) is 6.42 Å². The molecule has 0 radical (unpaired) electrons. The lowest BCUT2D eigenvalue weighted by molar-refractivity contribution is -0.305. The van der Waals surface area contributed by atoms with E-state index in [0.717, 1.165) is 96.3 Å². The minimum absolute atomic E-state index is 0.113. The minimum atomic E-state index is -1.62. The topological polar surface area (TPSA) is 175 Å². The number of carbonyl (C=O) groups excluding carboxylic acids is 2. The number of carbonyl (C=O) groups is 2. The van der Waals surface area contributed by atoms with Crippen LogP contribution < -0.4 is 5.32 Å². The van der Waals surface area contributed by atoms with Gasteiger partial charge in [0.2, 0.25) is 5.91 Å². The van der Waals surface area contributed by atoms with Crippen molar-refractivity contribution >= 4 is 11.9 Å². The fourth-order valence-electron chi connectivity index (χ4n) is 9.86. The zero-order valence-corrected chi connectivity index (χ0v) is 50.7. The molecule has 11 heteroatoms. The Balaban J connectivity index is 2.63. The molecule has 1 aliphatic heterocycles. The summed E-state index contributed by atoms with van der Waals surface area (Å²) in [5.41, 5.74) is 0. The van der Waals surface area contributed by atoms with Crippen LogP contribution in [0.1, 0.15) is 284 Å². The summed E-state index contributed by atoms with van der Waals surface area (Å²) in [6, 6.07) is -1.03. The van der Waals surface area contributed by atoms with Gasteiger partial charge in [-0.1, -0.05) is 254 Å². The molecule has 1 aliphatic rings. The smallest absolute Gasteiger partial charge is 0.306 e. The maximum Gasteiger partial charge on any atom is 0.306 e. The first kappa shape index (κ1) is 74.1. The predicted octanol–water partition coefficient (Wildman–Crippen LogP) is 16.0. The molecule has 1 heterocycles. The number of hydrogen-bond donors (Lipinski definition) is 6. The van der Waals surface area contributed by atoms with Gasteiger partial charge >= 0.3 is 5.97 Å². The second kappa shape index (κ2) is 55.6. The quantitative estimate of drug-likeness (QED) is 0.0195. The van der Waals surface area contributed by atoms with E-state index in [1.165, 1.54) is 141 Å². The predicted molar refractivity (Wildman–Crippen MR) is 329 cm³/mol. The number of rotatable bonds is 55. The Morgan fingerprint density at radius 2 is 0.873 bits per heavy atom. The van der Waals surface area contributed by atoms with Crippen LogP contribution in [0.3, 0.4) is 0 Å². The SMILES string of the molecule is CCCCC/C=C\C/C=C\C/C=C\CCCCCCCCCCC(=O)OC1C(OCC(NC(=O)C(O)CCCCCCCCCC/C=C\C/C=C\CCCCC)C(O)/C=C/CCCCCCCCCCC)OC(CO)C(O)C1O. The third kappa shape index (κ3) is 43.5. The van der Waals surface area contributed by atoms with Crippen LogP contribution in [0.4, 0.5) is 0 Å². The fourth-order valence-corrected chi connectivity index (χ4v) is 9.86. The van der Waals surface area contributed by atoms with Crippen molar-refractivity contribution in [2.75, 3.05) is 13.2 Å². The Morgan fingerprint density at radius 3 is 1.33 bits per heavy atom. The molecular formula is C68H121NO10. The van der Waals surface area contributed by atoms with E-state index in [1.807, 2.05) is 6.08 Å². The van der Waals surface area contributed by atoms with Gasteiger partial charge in [-0.05, 0) is 96.3 Å². The van der Waals surface area contributed by atoms with Crippen LogP contribution >= 0.6 is 0 Å². The lowest BCUT2D eigenvalue weighted by Gasteiger charge is -2.41. The first-order chi connectivity index (χ1) is 38.7. The largest absolute Gasteiger partial charge is 0.454 e. The first-order valence-electron chi connectivity index (χ1n) is 32.7. The van der Waals surface area contributed by atoms with Crippen LogP contribution in [0, 0.1) is 0 Å². The molecule has 6 N–H and O–H groups in total. The number of aliphatic hydroxyl groups is 5. The van der Waals surface area contributed by atoms with Crippen LogP contribution in [0.5, 0.6) is 0 Å². The highest BCUT2D eigenvalue weighted by Gasteiger charge is 2.47. The molecule has 0 aromatic rings. The van der Waals surface area contributed by atoms with E-state index in [4.69, 9.17) is 14.2 Å². The van der Waals surface area contributed by atoms with Crippen molar-refractivity contribution in [1.82, 2.24) is 5.32 Å². The van der Waals surface area contributed by atoms with Gasteiger partial charge in [0.15, 0.2) is 12.4 Å². The number of amides is 1. The first-order valence-corrected chi connectivity index (χ1v) is 32.7. The Hall–Kier alpha value is -2.90. The molecule has 0 aromatic carbocycles. The molecule has 1 saturated heterocycles. The lowest BCUT2D eigenvalue weighted by atomic mass is 9.99. The minimum Gasteiger partial charge on any atom is -0.454 e. The lowest BCUT2D eigenvalue weighted by Crippen LogP contribution is -2.61. The Morgan fingerprint density at radius 1 is 0.494 bits per heavy atom. The van der Waals surface area contributed by atoms with Crippen molar-refractivity contribution in [3.8, 4) is 0 Å². The van der Waals surface area contributed by atoms with E-state index in [0.29, 0.717) is 12.8 Å². The van der Waals surface area contributed by atoms with Gasteiger partial charge in [-0.2, -0.15) is 0 Å². The van der Waals surface area contributed by atoms with Gasteiger partial charge in [-0.15, -0.1) is 0 Å². The zero-order chi connectivity index (χ0) is 57.5. The maximum absolute atomic E-state index is 13.4. The summed E-state index contributed by atoms with van der Waals surface area (Å²) in [4.78, 5) is 26.6. The molecule has 0 aromatic heterocycles. The molecule has 0 saturated carbocycles.